The monoisotopic (exact) mass is 441 g/mol. The first kappa shape index (κ1) is 24.3. The summed E-state index contributed by atoms with van der Waals surface area (Å²) in [5, 5.41) is 17.4. The van der Waals surface area contributed by atoms with Gasteiger partial charge in [0.15, 0.2) is 0 Å². The van der Waals surface area contributed by atoms with Gasteiger partial charge < -0.3 is 25.0 Å². The molecule has 0 atom stereocenters. The Balaban J connectivity index is 1.41. The summed E-state index contributed by atoms with van der Waals surface area (Å²) >= 11 is 0. The van der Waals surface area contributed by atoms with E-state index in [-0.39, 0.29) is 5.75 Å². The second kappa shape index (κ2) is 13.3. The van der Waals surface area contributed by atoms with Crippen LogP contribution in [0.15, 0.2) is 36.5 Å². The summed E-state index contributed by atoms with van der Waals surface area (Å²) in [6.07, 6.45) is 10.9. The number of hydrogen-bond donors (Lipinski definition) is 2. The molecule has 7 heteroatoms. The van der Waals surface area contributed by atoms with E-state index in [1.54, 1.807) is 23.0 Å². The number of likely N-dealkylation sites (tertiary alicyclic amines) is 1. The molecule has 0 saturated carbocycles. The molecule has 7 nitrogen and oxygen atoms in total. The van der Waals surface area contributed by atoms with Crippen LogP contribution < -0.4 is 5.32 Å². The van der Waals surface area contributed by atoms with Gasteiger partial charge >= 0.3 is 0 Å². The van der Waals surface area contributed by atoms with Crippen LogP contribution in [-0.2, 0) is 4.74 Å². The molecular weight excluding hydrogens is 402 g/mol. The van der Waals surface area contributed by atoms with Crippen LogP contribution in [-0.4, -0.2) is 84.2 Å². The van der Waals surface area contributed by atoms with E-state index in [1.807, 2.05) is 31.5 Å². The molecule has 0 radical (unpaired) electrons. The van der Waals surface area contributed by atoms with Gasteiger partial charge in [-0.3, -0.25) is 0 Å². The van der Waals surface area contributed by atoms with Crippen LogP contribution in [0.5, 0.6) is 5.75 Å². The topological polar surface area (TPSA) is 65.8 Å². The van der Waals surface area contributed by atoms with Crippen LogP contribution in [0, 0.1) is 0 Å². The van der Waals surface area contributed by atoms with Crippen LogP contribution in [0.1, 0.15) is 32.6 Å². The van der Waals surface area contributed by atoms with E-state index in [2.05, 4.69) is 27.1 Å². The zero-order valence-corrected chi connectivity index (χ0v) is 19.7. The first-order valence-corrected chi connectivity index (χ1v) is 11.9. The molecule has 1 aromatic heterocycles. The largest absolute Gasteiger partial charge is 0.508 e. The number of hydrogen-bond acceptors (Lipinski definition) is 6. The molecular formula is C25H39N5O2. The van der Waals surface area contributed by atoms with Crippen molar-refractivity contribution in [1.82, 2.24) is 19.6 Å². The third-order valence-corrected chi connectivity index (χ3v) is 5.89. The summed E-state index contributed by atoms with van der Waals surface area (Å²) in [5.41, 5.74) is 1.86. The molecule has 0 amide bonds. The molecule has 32 heavy (non-hydrogen) atoms. The number of ether oxygens (including phenoxy) is 1. The van der Waals surface area contributed by atoms with Crippen LogP contribution in [0.4, 0.5) is 5.82 Å². The molecule has 1 aliphatic rings. The van der Waals surface area contributed by atoms with Gasteiger partial charge in [-0.15, -0.1) is 0 Å². The second-order valence-corrected chi connectivity index (χ2v) is 8.36. The predicted octanol–water partition coefficient (Wildman–Crippen LogP) is 3.98. The van der Waals surface area contributed by atoms with Crippen molar-refractivity contribution >= 4 is 12.0 Å². The number of benzene rings is 1. The number of anilines is 1. The smallest absolute Gasteiger partial charge is 0.136 e. The predicted molar refractivity (Wildman–Crippen MR) is 132 cm³/mol. The maximum Gasteiger partial charge on any atom is 0.136 e. The van der Waals surface area contributed by atoms with E-state index in [1.165, 1.54) is 45.3 Å². The molecule has 1 saturated heterocycles. The Morgan fingerprint density at radius 2 is 2.06 bits per heavy atom. The average molecular weight is 442 g/mol. The van der Waals surface area contributed by atoms with Gasteiger partial charge in [-0.1, -0.05) is 19.1 Å². The van der Waals surface area contributed by atoms with E-state index in [0.717, 1.165) is 43.2 Å². The van der Waals surface area contributed by atoms with Crippen molar-refractivity contribution in [2.75, 3.05) is 64.8 Å². The average Bonchev–Trinajstić information content (AvgIpc) is 3.45. The summed E-state index contributed by atoms with van der Waals surface area (Å²) in [6.45, 7) is 10.6. The fraction of sp³-hybridized carbons (Fsp3) is 0.560. The molecule has 2 N–H and O–H groups in total. The van der Waals surface area contributed by atoms with Crippen LogP contribution in [0.25, 0.3) is 17.3 Å². The number of nitrogens with one attached hydrogen (secondary N) is 1. The van der Waals surface area contributed by atoms with Crippen molar-refractivity contribution in [3.05, 3.63) is 36.5 Å². The Hall–Kier alpha value is -2.35. The lowest BCUT2D eigenvalue weighted by atomic mass is 10.1. The highest BCUT2D eigenvalue weighted by Crippen LogP contribution is 2.29. The maximum atomic E-state index is 9.75. The minimum absolute atomic E-state index is 0.245. The molecule has 1 aliphatic heterocycles. The number of nitrogens with zero attached hydrogens (tertiary/aromatic N) is 4. The molecule has 2 aromatic rings. The summed E-state index contributed by atoms with van der Waals surface area (Å²) in [5.74, 6) is 1.12. The first-order chi connectivity index (χ1) is 15.7. The Labute approximate surface area is 192 Å². The fourth-order valence-corrected chi connectivity index (χ4v) is 4.27. The summed E-state index contributed by atoms with van der Waals surface area (Å²) in [7, 11) is 1.87. The number of aromatic nitrogens is 2. The molecule has 0 bridgehead atoms. The zero-order valence-electron chi connectivity index (χ0n) is 19.7. The van der Waals surface area contributed by atoms with Crippen LogP contribution in [0.2, 0.25) is 0 Å². The molecule has 0 spiro atoms. The SMILES string of the molecule is CCCN(CCCN1CCCC1)CCOCC=Cn1ncc(-c2cccc(O)c2)c1NC. The third kappa shape index (κ3) is 7.36. The molecule has 2 heterocycles. The van der Waals surface area contributed by atoms with Crippen molar-refractivity contribution in [3.8, 4) is 16.9 Å². The van der Waals surface area contributed by atoms with E-state index >= 15 is 0 Å². The summed E-state index contributed by atoms with van der Waals surface area (Å²) < 4.78 is 7.66. The first-order valence-electron chi connectivity index (χ1n) is 11.9. The highest BCUT2D eigenvalue weighted by atomic mass is 16.5. The Morgan fingerprint density at radius 1 is 1.22 bits per heavy atom. The van der Waals surface area contributed by atoms with Crippen molar-refractivity contribution in [2.24, 2.45) is 0 Å². The molecule has 1 aromatic carbocycles. The van der Waals surface area contributed by atoms with Gasteiger partial charge in [0.05, 0.1) is 19.4 Å². The highest BCUT2D eigenvalue weighted by Gasteiger charge is 2.12. The van der Waals surface area contributed by atoms with E-state index < -0.39 is 0 Å². The van der Waals surface area contributed by atoms with Crippen molar-refractivity contribution in [1.29, 1.82) is 0 Å². The van der Waals surface area contributed by atoms with Gasteiger partial charge in [-0.2, -0.15) is 5.10 Å². The van der Waals surface area contributed by atoms with Gasteiger partial charge in [-0.25, -0.2) is 4.68 Å². The molecule has 0 unspecified atom stereocenters. The van der Waals surface area contributed by atoms with Gasteiger partial charge in [0.2, 0.25) is 0 Å². The Kier molecular flexibility index (Phi) is 10.1. The van der Waals surface area contributed by atoms with Gasteiger partial charge in [0.25, 0.3) is 0 Å². The lowest BCUT2D eigenvalue weighted by molar-refractivity contribution is 0.121. The molecule has 0 aliphatic carbocycles. The fourth-order valence-electron chi connectivity index (χ4n) is 4.27. The normalized spacial score (nSPS) is 14.7. The second-order valence-electron chi connectivity index (χ2n) is 8.36. The van der Waals surface area contributed by atoms with Crippen LogP contribution in [0.3, 0.4) is 0 Å². The van der Waals surface area contributed by atoms with Gasteiger partial charge in [0, 0.05) is 25.4 Å². The molecule has 3 rings (SSSR count). The molecule has 176 valence electrons. The quantitative estimate of drug-likeness (QED) is 0.432. The Bertz CT molecular complexity index is 829. The maximum absolute atomic E-state index is 9.75. The van der Waals surface area contributed by atoms with Gasteiger partial charge in [0.1, 0.15) is 11.6 Å². The summed E-state index contributed by atoms with van der Waals surface area (Å²) in [6, 6.07) is 7.20. The third-order valence-electron chi connectivity index (χ3n) is 5.89. The van der Waals surface area contributed by atoms with Crippen LogP contribution >= 0.6 is 0 Å². The number of phenols is 1. The van der Waals surface area contributed by atoms with E-state index in [9.17, 15) is 5.11 Å². The lowest BCUT2D eigenvalue weighted by Gasteiger charge is -2.23. The number of rotatable bonds is 14. The highest BCUT2D eigenvalue weighted by molar-refractivity contribution is 5.76. The minimum Gasteiger partial charge on any atom is -0.508 e. The zero-order chi connectivity index (χ0) is 22.6. The van der Waals surface area contributed by atoms with Crippen molar-refractivity contribution in [3.63, 3.8) is 0 Å². The van der Waals surface area contributed by atoms with Crippen molar-refractivity contribution in [2.45, 2.75) is 32.6 Å². The van der Waals surface area contributed by atoms with Crippen molar-refractivity contribution < 1.29 is 9.84 Å². The molecule has 1 fully saturated rings. The van der Waals surface area contributed by atoms with Gasteiger partial charge in [-0.05, 0) is 82.2 Å². The Morgan fingerprint density at radius 3 is 2.81 bits per heavy atom. The van der Waals surface area contributed by atoms with E-state index in [4.69, 9.17) is 4.74 Å². The van der Waals surface area contributed by atoms with E-state index in [0.29, 0.717) is 6.61 Å². The lowest BCUT2D eigenvalue weighted by Crippen LogP contribution is -2.32. The standard InChI is InChI=1S/C25H39N5O2/c1-3-11-28(14-7-15-29-12-4-5-13-29)17-19-32-18-8-16-30-25(26-2)24(21-27-30)22-9-6-10-23(31)20-22/h6,8-10,16,20-21,26,31H,3-5,7,11-15,17-19H2,1-2H3. The minimum atomic E-state index is 0.245. The summed E-state index contributed by atoms with van der Waals surface area (Å²) in [4.78, 5) is 5.11. The number of aromatic hydroxyl groups is 1. The number of phenolic OH excluding ortho intramolecular Hbond substituents is 1.